The number of oxime groups is 1. The Kier molecular flexibility index (Phi) is 2.28. The van der Waals surface area contributed by atoms with Crippen LogP contribution in [0.4, 0.5) is 0 Å². The first kappa shape index (κ1) is 7.08. The summed E-state index contributed by atoms with van der Waals surface area (Å²) < 4.78 is 0. The van der Waals surface area contributed by atoms with Crippen LogP contribution in [-0.2, 0) is 6.42 Å². The standard InChI is InChI=1S/C6H8N2OS/c7-6(8-9)3-5-1-2-10-4-5/h1-2,4,9H,3H2,(H2,7,8). The first-order chi connectivity index (χ1) is 4.83. The molecular formula is C6H8N2OS. The van der Waals surface area contributed by atoms with E-state index >= 15 is 0 Å². The van der Waals surface area contributed by atoms with Gasteiger partial charge in [-0.3, -0.25) is 0 Å². The van der Waals surface area contributed by atoms with Gasteiger partial charge >= 0.3 is 0 Å². The summed E-state index contributed by atoms with van der Waals surface area (Å²) in [7, 11) is 0. The van der Waals surface area contributed by atoms with Crippen LogP contribution in [0.1, 0.15) is 5.56 Å². The molecule has 10 heavy (non-hydrogen) atoms. The maximum Gasteiger partial charge on any atom is 0.143 e. The van der Waals surface area contributed by atoms with Gasteiger partial charge in [0.15, 0.2) is 0 Å². The molecule has 0 unspecified atom stereocenters. The zero-order valence-corrected chi connectivity index (χ0v) is 6.14. The first-order valence-electron chi connectivity index (χ1n) is 2.80. The second-order valence-corrected chi connectivity index (χ2v) is 2.68. The molecule has 0 aliphatic heterocycles. The van der Waals surface area contributed by atoms with Crippen LogP contribution < -0.4 is 5.73 Å². The monoisotopic (exact) mass is 156 g/mol. The summed E-state index contributed by atoms with van der Waals surface area (Å²) in [5, 5.41) is 15.0. The van der Waals surface area contributed by atoms with Crippen molar-refractivity contribution in [2.45, 2.75) is 6.42 Å². The Hall–Kier alpha value is -1.03. The van der Waals surface area contributed by atoms with E-state index in [4.69, 9.17) is 10.9 Å². The molecule has 0 spiro atoms. The normalized spacial score (nSPS) is 11.8. The van der Waals surface area contributed by atoms with E-state index in [9.17, 15) is 0 Å². The predicted octanol–water partition coefficient (Wildman–Crippen LogP) is 1.04. The molecule has 0 radical (unpaired) electrons. The van der Waals surface area contributed by atoms with Crippen LogP contribution in [0.15, 0.2) is 22.0 Å². The highest BCUT2D eigenvalue weighted by atomic mass is 32.1. The second-order valence-electron chi connectivity index (χ2n) is 1.90. The summed E-state index contributed by atoms with van der Waals surface area (Å²) in [6.45, 7) is 0. The van der Waals surface area contributed by atoms with Crippen molar-refractivity contribution in [3.05, 3.63) is 22.4 Å². The van der Waals surface area contributed by atoms with Crippen LogP contribution in [0.2, 0.25) is 0 Å². The summed E-state index contributed by atoms with van der Waals surface area (Å²) in [5.41, 5.74) is 6.35. The van der Waals surface area contributed by atoms with Gasteiger partial charge in [0, 0.05) is 6.42 Å². The fourth-order valence-electron chi connectivity index (χ4n) is 0.638. The Morgan fingerprint density at radius 3 is 3.10 bits per heavy atom. The number of hydrogen-bond acceptors (Lipinski definition) is 3. The molecule has 0 fully saturated rings. The molecule has 3 nitrogen and oxygen atoms in total. The van der Waals surface area contributed by atoms with E-state index in [-0.39, 0.29) is 5.84 Å². The van der Waals surface area contributed by atoms with Crippen LogP contribution in [0.5, 0.6) is 0 Å². The van der Waals surface area contributed by atoms with Gasteiger partial charge in [-0.2, -0.15) is 11.3 Å². The molecule has 0 amide bonds. The summed E-state index contributed by atoms with van der Waals surface area (Å²) in [5.74, 6) is 0.249. The summed E-state index contributed by atoms with van der Waals surface area (Å²) in [6, 6.07) is 1.95. The van der Waals surface area contributed by atoms with Crippen LogP contribution in [-0.4, -0.2) is 11.0 Å². The summed E-state index contributed by atoms with van der Waals surface area (Å²) in [6.07, 6.45) is 0.528. The number of nitrogens with zero attached hydrogens (tertiary/aromatic N) is 1. The van der Waals surface area contributed by atoms with Gasteiger partial charge in [0.25, 0.3) is 0 Å². The average Bonchev–Trinajstić information content (AvgIpc) is 2.40. The van der Waals surface area contributed by atoms with Crippen LogP contribution >= 0.6 is 11.3 Å². The largest absolute Gasteiger partial charge is 0.409 e. The zero-order chi connectivity index (χ0) is 7.40. The molecule has 0 saturated carbocycles. The first-order valence-corrected chi connectivity index (χ1v) is 3.74. The number of rotatable bonds is 2. The third-order valence-electron chi connectivity index (χ3n) is 1.09. The van der Waals surface area contributed by atoms with E-state index in [0.717, 1.165) is 5.56 Å². The van der Waals surface area contributed by atoms with Crippen molar-refractivity contribution in [1.82, 2.24) is 0 Å². The molecule has 1 aromatic rings. The molecule has 3 N–H and O–H groups in total. The van der Waals surface area contributed by atoms with Crippen molar-refractivity contribution in [2.75, 3.05) is 0 Å². The minimum absolute atomic E-state index is 0.249. The fraction of sp³-hybridized carbons (Fsp3) is 0.167. The average molecular weight is 156 g/mol. The third-order valence-corrected chi connectivity index (χ3v) is 1.83. The van der Waals surface area contributed by atoms with E-state index in [1.807, 2.05) is 16.8 Å². The highest BCUT2D eigenvalue weighted by molar-refractivity contribution is 7.07. The van der Waals surface area contributed by atoms with Gasteiger partial charge in [-0.1, -0.05) is 5.16 Å². The van der Waals surface area contributed by atoms with Crippen molar-refractivity contribution in [3.8, 4) is 0 Å². The van der Waals surface area contributed by atoms with Gasteiger partial charge < -0.3 is 10.9 Å². The van der Waals surface area contributed by atoms with E-state index in [1.165, 1.54) is 0 Å². The molecule has 0 aliphatic carbocycles. The quantitative estimate of drug-likeness (QED) is 0.291. The minimum atomic E-state index is 0.249. The molecular weight excluding hydrogens is 148 g/mol. The number of thiophene rings is 1. The fourth-order valence-corrected chi connectivity index (χ4v) is 1.31. The van der Waals surface area contributed by atoms with E-state index in [0.29, 0.717) is 6.42 Å². The lowest BCUT2D eigenvalue weighted by molar-refractivity contribution is 0.317. The molecule has 4 heteroatoms. The topological polar surface area (TPSA) is 58.6 Å². The Bertz CT molecular complexity index is 218. The van der Waals surface area contributed by atoms with Gasteiger partial charge in [0.2, 0.25) is 0 Å². The SMILES string of the molecule is N/C(Cc1ccsc1)=N/O. The van der Waals surface area contributed by atoms with Gasteiger partial charge in [-0.25, -0.2) is 0 Å². The highest BCUT2D eigenvalue weighted by Crippen LogP contribution is 2.05. The van der Waals surface area contributed by atoms with Crippen molar-refractivity contribution in [3.63, 3.8) is 0 Å². The Labute approximate surface area is 62.8 Å². The van der Waals surface area contributed by atoms with Gasteiger partial charge in [0.1, 0.15) is 5.84 Å². The maximum atomic E-state index is 8.20. The van der Waals surface area contributed by atoms with Gasteiger partial charge in [-0.15, -0.1) is 0 Å². The molecule has 0 aromatic carbocycles. The second kappa shape index (κ2) is 3.22. The van der Waals surface area contributed by atoms with E-state index in [1.54, 1.807) is 11.3 Å². The number of nitrogens with two attached hydrogens (primary N) is 1. The molecule has 0 bridgehead atoms. The number of hydrogen-bond donors (Lipinski definition) is 2. The van der Waals surface area contributed by atoms with E-state index in [2.05, 4.69) is 5.16 Å². The van der Waals surface area contributed by atoms with Crippen LogP contribution in [0.3, 0.4) is 0 Å². The molecule has 54 valence electrons. The van der Waals surface area contributed by atoms with Crippen molar-refractivity contribution < 1.29 is 5.21 Å². The predicted molar refractivity (Wildman–Crippen MR) is 41.4 cm³/mol. The van der Waals surface area contributed by atoms with Crippen molar-refractivity contribution >= 4 is 17.2 Å². The molecule has 0 aliphatic rings. The number of amidine groups is 1. The molecule has 1 heterocycles. The lowest BCUT2D eigenvalue weighted by Crippen LogP contribution is -2.13. The summed E-state index contributed by atoms with van der Waals surface area (Å²) >= 11 is 1.60. The van der Waals surface area contributed by atoms with Crippen LogP contribution in [0, 0.1) is 0 Å². The Balaban J connectivity index is 2.56. The highest BCUT2D eigenvalue weighted by Gasteiger charge is 1.95. The maximum absolute atomic E-state index is 8.20. The zero-order valence-electron chi connectivity index (χ0n) is 5.32. The molecule has 1 rings (SSSR count). The smallest absolute Gasteiger partial charge is 0.143 e. The molecule has 1 aromatic heterocycles. The molecule has 0 saturated heterocycles. The lowest BCUT2D eigenvalue weighted by atomic mass is 10.2. The van der Waals surface area contributed by atoms with Crippen molar-refractivity contribution in [2.24, 2.45) is 10.9 Å². The van der Waals surface area contributed by atoms with E-state index < -0.39 is 0 Å². The summed E-state index contributed by atoms with van der Waals surface area (Å²) in [4.78, 5) is 0. The van der Waals surface area contributed by atoms with Crippen LogP contribution in [0.25, 0.3) is 0 Å². The van der Waals surface area contributed by atoms with Crippen molar-refractivity contribution in [1.29, 1.82) is 0 Å². The van der Waals surface area contributed by atoms with Gasteiger partial charge in [-0.05, 0) is 22.4 Å². The Morgan fingerprint density at radius 1 is 1.80 bits per heavy atom. The Morgan fingerprint density at radius 2 is 2.60 bits per heavy atom. The molecule has 0 atom stereocenters. The minimum Gasteiger partial charge on any atom is -0.409 e. The lowest BCUT2D eigenvalue weighted by Gasteiger charge is -1.92. The van der Waals surface area contributed by atoms with Gasteiger partial charge in [0.05, 0.1) is 0 Å². The third kappa shape index (κ3) is 1.73.